The van der Waals surface area contributed by atoms with Gasteiger partial charge in [-0.15, -0.1) is 0 Å². The average molecular weight is 337 g/mol. The molecular formula is C18H25ClN2O2. The highest BCUT2D eigenvalue weighted by Gasteiger charge is 2.18. The predicted octanol–water partition coefficient (Wildman–Crippen LogP) is 3.53. The van der Waals surface area contributed by atoms with E-state index in [4.69, 9.17) is 11.6 Å². The third-order valence-corrected chi connectivity index (χ3v) is 4.54. The molecule has 0 atom stereocenters. The summed E-state index contributed by atoms with van der Waals surface area (Å²) in [6.07, 6.45) is 6.94. The maximum absolute atomic E-state index is 12.3. The molecule has 1 fully saturated rings. The smallest absolute Gasteiger partial charge is 0.239 e. The Morgan fingerprint density at radius 2 is 1.74 bits per heavy atom. The van der Waals surface area contributed by atoms with Crippen molar-refractivity contribution in [1.82, 2.24) is 10.2 Å². The lowest BCUT2D eigenvalue weighted by atomic mass is 10.1. The summed E-state index contributed by atoms with van der Waals surface area (Å²) in [6.45, 7) is 2.02. The summed E-state index contributed by atoms with van der Waals surface area (Å²) >= 11 is 5.87. The van der Waals surface area contributed by atoms with Gasteiger partial charge in [-0.1, -0.05) is 49.4 Å². The zero-order valence-corrected chi connectivity index (χ0v) is 14.4. The molecule has 1 aromatic carbocycles. The number of amides is 2. The Balaban J connectivity index is 1.88. The van der Waals surface area contributed by atoms with Crippen LogP contribution in [0.3, 0.4) is 0 Å². The summed E-state index contributed by atoms with van der Waals surface area (Å²) in [5.41, 5.74) is 0.965. The fourth-order valence-electron chi connectivity index (χ4n) is 2.96. The average Bonchev–Trinajstić information content (AvgIpc) is 2.77. The summed E-state index contributed by atoms with van der Waals surface area (Å²) in [5, 5.41) is 3.75. The molecule has 1 saturated carbocycles. The number of benzene rings is 1. The van der Waals surface area contributed by atoms with Crippen LogP contribution in [0.2, 0.25) is 5.02 Å². The van der Waals surface area contributed by atoms with E-state index in [1.165, 1.54) is 32.6 Å². The zero-order valence-electron chi connectivity index (χ0n) is 13.7. The molecule has 1 N–H and O–H groups in total. The molecule has 0 spiro atoms. The topological polar surface area (TPSA) is 49.4 Å². The standard InChI is InChI=1S/C18H25ClN2O2/c1-14(22)21(12-15-8-10-16(19)11-9-15)13-18(23)20-17-6-4-2-3-5-7-17/h8-11,17H,2-7,12-13H2,1H3,(H,20,23). The Morgan fingerprint density at radius 3 is 2.30 bits per heavy atom. The number of hydrogen-bond acceptors (Lipinski definition) is 2. The van der Waals surface area contributed by atoms with Crippen molar-refractivity contribution >= 4 is 23.4 Å². The van der Waals surface area contributed by atoms with Crippen molar-refractivity contribution in [3.63, 3.8) is 0 Å². The van der Waals surface area contributed by atoms with E-state index in [-0.39, 0.29) is 24.4 Å². The first-order valence-corrected chi connectivity index (χ1v) is 8.71. The Labute approximate surface area is 143 Å². The van der Waals surface area contributed by atoms with Crippen LogP contribution < -0.4 is 5.32 Å². The van der Waals surface area contributed by atoms with Crippen LogP contribution in [0.1, 0.15) is 51.0 Å². The number of hydrogen-bond donors (Lipinski definition) is 1. The summed E-state index contributed by atoms with van der Waals surface area (Å²) in [7, 11) is 0. The van der Waals surface area contributed by atoms with Crippen molar-refractivity contribution < 1.29 is 9.59 Å². The van der Waals surface area contributed by atoms with Gasteiger partial charge in [0.15, 0.2) is 0 Å². The van der Waals surface area contributed by atoms with Gasteiger partial charge in [-0.3, -0.25) is 9.59 Å². The molecule has 0 aliphatic heterocycles. The van der Waals surface area contributed by atoms with Crippen LogP contribution in [0.4, 0.5) is 0 Å². The Kier molecular flexibility index (Phi) is 6.90. The Bertz CT molecular complexity index is 522. The van der Waals surface area contributed by atoms with Gasteiger partial charge in [0.05, 0.1) is 6.54 Å². The first kappa shape index (κ1) is 17.8. The van der Waals surface area contributed by atoms with E-state index in [1.54, 1.807) is 17.0 Å². The fraction of sp³-hybridized carbons (Fsp3) is 0.556. The molecule has 0 bridgehead atoms. The van der Waals surface area contributed by atoms with Crippen molar-refractivity contribution in [3.05, 3.63) is 34.9 Å². The van der Waals surface area contributed by atoms with Gasteiger partial charge in [0, 0.05) is 24.5 Å². The number of halogens is 1. The van der Waals surface area contributed by atoms with Crippen LogP contribution in [0, 0.1) is 0 Å². The third kappa shape index (κ3) is 6.22. The number of carbonyl (C=O) groups is 2. The summed E-state index contributed by atoms with van der Waals surface area (Å²) < 4.78 is 0. The lowest BCUT2D eigenvalue weighted by Crippen LogP contribution is -2.43. The Morgan fingerprint density at radius 1 is 1.13 bits per heavy atom. The highest BCUT2D eigenvalue weighted by Crippen LogP contribution is 2.17. The van der Waals surface area contributed by atoms with E-state index in [0.717, 1.165) is 18.4 Å². The molecule has 2 amide bonds. The molecule has 0 unspecified atom stereocenters. The van der Waals surface area contributed by atoms with Crippen molar-refractivity contribution in [2.24, 2.45) is 0 Å². The van der Waals surface area contributed by atoms with Gasteiger partial charge in [-0.2, -0.15) is 0 Å². The molecular weight excluding hydrogens is 312 g/mol. The second-order valence-electron chi connectivity index (χ2n) is 6.26. The third-order valence-electron chi connectivity index (χ3n) is 4.29. The molecule has 5 heteroatoms. The van der Waals surface area contributed by atoms with Crippen LogP contribution in [0.5, 0.6) is 0 Å². The van der Waals surface area contributed by atoms with E-state index in [9.17, 15) is 9.59 Å². The highest BCUT2D eigenvalue weighted by atomic mass is 35.5. The van der Waals surface area contributed by atoms with Crippen molar-refractivity contribution in [2.45, 2.75) is 58.0 Å². The highest BCUT2D eigenvalue weighted by molar-refractivity contribution is 6.30. The van der Waals surface area contributed by atoms with E-state index >= 15 is 0 Å². The second kappa shape index (κ2) is 8.92. The maximum Gasteiger partial charge on any atom is 0.239 e. The van der Waals surface area contributed by atoms with E-state index < -0.39 is 0 Å². The normalized spacial score (nSPS) is 15.7. The molecule has 0 heterocycles. The number of nitrogens with one attached hydrogen (secondary N) is 1. The number of carbonyl (C=O) groups excluding carboxylic acids is 2. The fourth-order valence-corrected chi connectivity index (χ4v) is 3.09. The number of nitrogens with zero attached hydrogens (tertiary/aromatic N) is 1. The van der Waals surface area contributed by atoms with E-state index in [0.29, 0.717) is 11.6 Å². The first-order valence-electron chi connectivity index (χ1n) is 8.34. The largest absolute Gasteiger partial charge is 0.352 e. The van der Waals surface area contributed by atoms with Crippen molar-refractivity contribution in [1.29, 1.82) is 0 Å². The minimum Gasteiger partial charge on any atom is -0.352 e. The maximum atomic E-state index is 12.3. The van der Waals surface area contributed by atoms with Crippen LogP contribution in [-0.2, 0) is 16.1 Å². The van der Waals surface area contributed by atoms with Gasteiger partial charge < -0.3 is 10.2 Å². The van der Waals surface area contributed by atoms with Crippen molar-refractivity contribution in [3.8, 4) is 0 Å². The lowest BCUT2D eigenvalue weighted by Gasteiger charge is -2.23. The SMILES string of the molecule is CC(=O)N(CC(=O)NC1CCCCCC1)Cc1ccc(Cl)cc1. The first-order chi connectivity index (χ1) is 11.0. The van der Waals surface area contributed by atoms with E-state index in [2.05, 4.69) is 5.32 Å². The molecule has 0 aromatic heterocycles. The second-order valence-corrected chi connectivity index (χ2v) is 6.69. The van der Waals surface area contributed by atoms with Gasteiger partial charge >= 0.3 is 0 Å². The van der Waals surface area contributed by atoms with Gasteiger partial charge in [0.25, 0.3) is 0 Å². The quantitative estimate of drug-likeness (QED) is 0.836. The monoisotopic (exact) mass is 336 g/mol. The van der Waals surface area contributed by atoms with Gasteiger partial charge in [-0.25, -0.2) is 0 Å². The molecule has 0 saturated heterocycles. The zero-order chi connectivity index (χ0) is 16.7. The minimum absolute atomic E-state index is 0.0685. The minimum atomic E-state index is -0.101. The van der Waals surface area contributed by atoms with Crippen LogP contribution in [0.15, 0.2) is 24.3 Å². The van der Waals surface area contributed by atoms with Gasteiger partial charge in [0.2, 0.25) is 11.8 Å². The molecule has 126 valence electrons. The van der Waals surface area contributed by atoms with Crippen LogP contribution in [-0.4, -0.2) is 29.3 Å². The summed E-state index contributed by atoms with van der Waals surface area (Å²) in [6, 6.07) is 7.60. The molecule has 4 nitrogen and oxygen atoms in total. The molecule has 1 aliphatic carbocycles. The van der Waals surface area contributed by atoms with Gasteiger partial charge in [-0.05, 0) is 30.5 Å². The molecule has 23 heavy (non-hydrogen) atoms. The van der Waals surface area contributed by atoms with Crippen LogP contribution >= 0.6 is 11.6 Å². The predicted molar refractivity (Wildman–Crippen MR) is 92.2 cm³/mol. The van der Waals surface area contributed by atoms with Crippen molar-refractivity contribution in [2.75, 3.05) is 6.54 Å². The molecule has 1 aliphatic rings. The summed E-state index contributed by atoms with van der Waals surface area (Å²) in [5.74, 6) is -0.169. The molecule has 1 aromatic rings. The van der Waals surface area contributed by atoms with E-state index in [1.807, 2.05) is 12.1 Å². The number of rotatable bonds is 5. The summed E-state index contributed by atoms with van der Waals surface area (Å²) in [4.78, 5) is 25.6. The Hall–Kier alpha value is -1.55. The lowest BCUT2D eigenvalue weighted by molar-refractivity contribution is -0.135. The van der Waals surface area contributed by atoms with Gasteiger partial charge in [0.1, 0.15) is 0 Å². The van der Waals surface area contributed by atoms with Crippen LogP contribution in [0.25, 0.3) is 0 Å². The molecule has 2 rings (SSSR count). The molecule has 0 radical (unpaired) electrons.